The molecule has 0 heterocycles. The van der Waals surface area contributed by atoms with Crippen LogP contribution in [0.5, 0.6) is 0 Å². The molecular weight excluding hydrogens is 230 g/mol. The van der Waals surface area contributed by atoms with Crippen molar-refractivity contribution < 1.29 is 0 Å². The lowest BCUT2D eigenvalue weighted by Gasteiger charge is -2.53. The van der Waals surface area contributed by atoms with Crippen LogP contribution < -0.4 is 0 Å². The average Bonchev–Trinajstić information content (AvgIpc) is 2.63. The Morgan fingerprint density at radius 2 is 1.63 bits per heavy atom. The van der Waals surface area contributed by atoms with E-state index in [2.05, 4.69) is 37.3 Å². The first-order chi connectivity index (χ1) is 9.20. The largest absolute Gasteiger partial charge is 0.197 e. The maximum atomic E-state index is 9.75. The summed E-state index contributed by atoms with van der Waals surface area (Å²) in [7, 11) is 0. The van der Waals surface area contributed by atoms with Crippen molar-refractivity contribution >= 4 is 0 Å². The first kappa shape index (κ1) is 12.7. The maximum absolute atomic E-state index is 9.75. The summed E-state index contributed by atoms with van der Waals surface area (Å²) in [4.78, 5) is 0. The fourth-order valence-electron chi connectivity index (χ4n) is 4.50. The first-order valence-electron chi connectivity index (χ1n) is 7.67. The molecule has 2 aliphatic rings. The van der Waals surface area contributed by atoms with Gasteiger partial charge < -0.3 is 0 Å². The Morgan fingerprint density at radius 1 is 1.00 bits per heavy atom. The summed E-state index contributed by atoms with van der Waals surface area (Å²) in [5.74, 6) is 0. The summed E-state index contributed by atoms with van der Waals surface area (Å²) in [6, 6.07) is 11.1. The molecule has 0 atom stereocenters. The van der Waals surface area contributed by atoms with Crippen molar-refractivity contribution in [1.29, 1.82) is 5.26 Å². The highest BCUT2D eigenvalue weighted by Crippen LogP contribution is 2.61. The zero-order valence-electron chi connectivity index (χ0n) is 11.9. The second-order valence-corrected chi connectivity index (χ2v) is 6.78. The highest BCUT2D eigenvalue weighted by atomic mass is 14.6. The molecule has 3 rings (SSSR count). The third-order valence-electron chi connectivity index (χ3n) is 5.39. The van der Waals surface area contributed by atoms with Gasteiger partial charge in [0.25, 0.3) is 0 Å². The van der Waals surface area contributed by atoms with Crippen LogP contribution in [-0.4, -0.2) is 0 Å². The van der Waals surface area contributed by atoms with Gasteiger partial charge in [-0.25, -0.2) is 0 Å². The molecule has 0 aliphatic heterocycles. The fraction of sp³-hybridized carbons (Fsp3) is 0.611. The van der Waals surface area contributed by atoms with Crippen LogP contribution in [0.4, 0.5) is 0 Å². The van der Waals surface area contributed by atoms with Gasteiger partial charge in [0, 0.05) is 0 Å². The molecule has 100 valence electrons. The van der Waals surface area contributed by atoms with E-state index in [1.807, 2.05) is 0 Å². The summed E-state index contributed by atoms with van der Waals surface area (Å²) in [6.07, 6.45) is 10.4. The summed E-state index contributed by atoms with van der Waals surface area (Å²) in [5.41, 5.74) is 2.88. The van der Waals surface area contributed by atoms with Crippen LogP contribution in [0.25, 0.3) is 0 Å². The van der Waals surface area contributed by atoms with Gasteiger partial charge in [-0.1, -0.05) is 49.9 Å². The Balaban J connectivity index is 1.85. The van der Waals surface area contributed by atoms with Gasteiger partial charge in [0.2, 0.25) is 0 Å². The van der Waals surface area contributed by atoms with Crippen molar-refractivity contribution in [3.63, 3.8) is 0 Å². The zero-order valence-corrected chi connectivity index (χ0v) is 11.9. The molecule has 1 heteroatoms. The molecule has 0 N–H and O–H groups in total. The molecule has 0 aromatic heterocycles. The second kappa shape index (κ2) is 4.67. The lowest BCUT2D eigenvalue weighted by atomic mass is 9.48. The van der Waals surface area contributed by atoms with Gasteiger partial charge in [-0.15, -0.1) is 0 Å². The molecular formula is C18H23N. The third-order valence-corrected chi connectivity index (χ3v) is 5.39. The van der Waals surface area contributed by atoms with Crippen molar-refractivity contribution in [3.05, 3.63) is 35.4 Å². The quantitative estimate of drug-likeness (QED) is 0.699. The van der Waals surface area contributed by atoms with E-state index in [-0.39, 0.29) is 5.41 Å². The minimum absolute atomic E-state index is 0.185. The summed E-state index contributed by atoms with van der Waals surface area (Å²) in [5, 5.41) is 9.75. The molecule has 0 bridgehead atoms. The number of nitrogens with zero attached hydrogens (tertiary/aromatic N) is 1. The maximum Gasteiger partial charge on any atom is 0.0835 e. The number of nitriles is 1. The fourth-order valence-corrected chi connectivity index (χ4v) is 4.50. The molecule has 2 fully saturated rings. The SMILES string of the molecule is Cc1ccccc1C1(C#N)CC2(CCCCCC2)C1. The van der Waals surface area contributed by atoms with E-state index in [9.17, 15) is 5.26 Å². The number of aryl methyl sites for hydroxylation is 1. The van der Waals surface area contributed by atoms with E-state index >= 15 is 0 Å². The lowest BCUT2D eigenvalue weighted by molar-refractivity contribution is 0.0395. The smallest absolute Gasteiger partial charge is 0.0835 e. The molecule has 1 spiro atoms. The zero-order chi connectivity index (χ0) is 13.3. The Labute approximate surface area is 116 Å². The Bertz CT molecular complexity index is 493. The predicted octanol–water partition coefficient (Wildman–Crippen LogP) is 4.89. The molecule has 1 aromatic rings. The monoisotopic (exact) mass is 253 g/mol. The number of hydrogen-bond donors (Lipinski definition) is 0. The van der Waals surface area contributed by atoms with Gasteiger partial charge in [-0.3, -0.25) is 0 Å². The van der Waals surface area contributed by atoms with E-state index < -0.39 is 0 Å². The predicted molar refractivity (Wildman–Crippen MR) is 77.8 cm³/mol. The first-order valence-corrected chi connectivity index (χ1v) is 7.67. The Hall–Kier alpha value is -1.29. The van der Waals surface area contributed by atoms with Crippen molar-refractivity contribution in [2.45, 2.75) is 63.7 Å². The second-order valence-electron chi connectivity index (χ2n) is 6.78. The molecule has 0 unspecified atom stereocenters. The van der Waals surface area contributed by atoms with Gasteiger partial charge in [0.15, 0.2) is 0 Å². The van der Waals surface area contributed by atoms with E-state index in [1.165, 1.54) is 49.7 Å². The molecule has 2 aliphatic carbocycles. The van der Waals surface area contributed by atoms with Crippen LogP contribution >= 0.6 is 0 Å². The topological polar surface area (TPSA) is 23.8 Å². The summed E-state index contributed by atoms with van der Waals surface area (Å²) < 4.78 is 0. The Morgan fingerprint density at radius 3 is 2.21 bits per heavy atom. The van der Waals surface area contributed by atoms with Gasteiger partial charge in [0.1, 0.15) is 0 Å². The molecule has 0 amide bonds. The minimum atomic E-state index is -0.185. The van der Waals surface area contributed by atoms with Crippen molar-refractivity contribution in [2.24, 2.45) is 5.41 Å². The van der Waals surface area contributed by atoms with Crippen LogP contribution in [0.15, 0.2) is 24.3 Å². The van der Waals surface area contributed by atoms with Crippen molar-refractivity contribution in [1.82, 2.24) is 0 Å². The third kappa shape index (κ3) is 2.08. The molecule has 1 aromatic carbocycles. The van der Waals surface area contributed by atoms with Gasteiger partial charge in [0.05, 0.1) is 11.5 Å². The normalized spacial score (nSPS) is 24.2. The van der Waals surface area contributed by atoms with Crippen LogP contribution in [0.2, 0.25) is 0 Å². The molecule has 0 saturated heterocycles. The minimum Gasteiger partial charge on any atom is -0.197 e. The van der Waals surface area contributed by atoms with Crippen LogP contribution in [0, 0.1) is 23.7 Å². The van der Waals surface area contributed by atoms with Crippen molar-refractivity contribution in [2.75, 3.05) is 0 Å². The molecule has 2 saturated carbocycles. The van der Waals surface area contributed by atoms with Gasteiger partial charge >= 0.3 is 0 Å². The number of benzene rings is 1. The van der Waals surface area contributed by atoms with E-state index in [0.29, 0.717) is 5.41 Å². The summed E-state index contributed by atoms with van der Waals surface area (Å²) >= 11 is 0. The Kier molecular flexibility index (Phi) is 3.13. The molecule has 19 heavy (non-hydrogen) atoms. The van der Waals surface area contributed by atoms with Crippen LogP contribution in [-0.2, 0) is 5.41 Å². The standard InChI is InChI=1S/C18H23N/c1-15-8-4-5-9-16(15)18(14-19)12-17(13-18)10-6-2-3-7-11-17/h4-5,8-9H,2-3,6-7,10-13H2,1H3. The van der Waals surface area contributed by atoms with E-state index in [4.69, 9.17) is 0 Å². The molecule has 0 radical (unpaired) electrons. The van der Waals surface area contributed by atoms with Crippen molar-refractivity contribution in [3.8, 4) is 6.07 Å². The van der Waals surface area contributed by atoms with Gasteiger partial charge in [-0.2, -0.15) is 5.26 Å². The number of hydrogen-bond acceptors (Lipinski definition) is 1. The molecule has 1 nitrogen and oxygen atoms in total. The average molecular weight is 253 g/mol. The lowest BCUT2D eigenvalue weighted by Crippen LogP contribution is -2.49. The number of rotatable bonds is 1. The van der Waals surface area contributed by atoms with Crippen LogP contribution in [0.3, 0.4) is 0 Å². The highest BCUT2D eigenvalue weighted by molar-refractivity contribution is 5.42. The van der Waals surface area contributed by atoms with E-state index in [1.54, 1.807) is 0 Å². The van der Waals surface area contributed by atoms with E-state index in [0.717, 1.165) is 12.8 Å². The highest BCUT2D eigenvalue weighted by Gasteiger charge is 2.55. The summed E-state index contributed by atoms with van der Waals surface area (Å²) in [6.45, 7) is 2.15. The van der Waals surface area contributed by atoms with Crippen LogP contribution in [0.1, 0.15) is 62.5 Å². The van der Waals surface area contributed by atoms with Gasteiger partial charge in [-0.05, 0) is 49.1 Å².